The third-order valence-corrected chi connectivity index (χ3v) is 3.68. The first kappa shape index (κ1) is 12.9. The second-order valence-corrected chi connectivity index (χ2v) is 5.03. The molecule has 1 aromatic carbocycles. The lowest BCUT2D eigenvalue weighted by Gasteiger charge is -2.24. The maximum Gasteiger partial charge on any atom is 0.193 e. The van der Waals surface area contributed by atoms with Gasteiger partial charge in [-0.3, -0.25) is 4.99 Å². The van der Waals surface area contributed by atoms with Crippen molar-refractivity contribution in [3.63, 3.8) is 0 Å². The predicted octanol–water partition coefficient (Wildman–Crippen LogP) is 3.17. The number of nitrogens with two attached hydrogens (primary N) is 1. The minimum Gasteiger partial charge on any atom is -0.370 e. The highest BCUT2D eigenvalue weighted by Crippen LogP contribution is 2.29. The fourth-order valence-electron chi connectivity index (χ4n) is 2.16. The number of benzene rings is 1. The second-order valence-electron chi connectivity index (χ2n) is 5.03. The second kappa shape index (κ2) is 6.43. The average Bonchev–Trinajstić information content (AvgIpc) is 2.33. The van der Waals surface area contributed by atoms with Crippen LogP contribution in [0.3, 0.4) is 0 Å². The number of aryl methyl sites for hydroxylation is 1. The molecule has 98 valence electrons. The minimum atomic E-state index is 0.526. The largest absolute Gasteiger partial charge is 0.370 e. The molecule has 0 spiro atoms. The van der Waals surface area contributed by atoms with Gasteiger partial charge in [-0.15, -0.1) is 0 Å². The van der Waals surface area contributed by atoms with Crippen LogP contribution in [-0.2, 0) is 6.42 Å². The monoisotopic (exact) mass is 245 g/mol. The maximum absolute atomic E-state index is 5.86. The number of anilines is 1. The molecule has 3 nitrogen and oxygen atoms in total. The first-order chi connectivity index (χ1) is 8.78. The Balaban J connectivity index is 1.77. The molecule has 0 unspecified atom stereocenters. The normalized spacial score (nSPS) is 16.4. The van der Waals surface area contributed by atoms with E-state index in [0.717, 1.165) is 24.6 Å². The molecule has 1 fully saturated rings. The van der Waals surface area contributed by atoms with Crippen molar-refractivity contribution in [2.45, 2.75) is 39.0 Å². The van der Waals surface area contributed by atoms with Gasteiger partial charge in [-0.1, -0.05) is 38.3 Å². The molecule has 2 rings (SSSR count). The number of guanidine groups is 1. The SMILES string of the molecule is CCc1ccc(NC(N)=NCCC2CCC2)cc1. The molecule has 0 aliphatic heterocycles. The van der Waals surface area contributed by atoms with E-state index in [0.29, 0.717) is 5.96 Å². The van der Waals surface area contributed by atoms with Crippen LogP contribution in [0.4, 0.5) is 5.69 Å². The van der Waals surface area contributed by atoms with Crippen LogP contribution in [0, 0.1) is 5.92 Å². The van der Waals surface area contributed by atoms with Crippen LogP contribution in [0.15, 0.2) is 29.3 Å². The summed E-state index contributed by atoms with van der Waals surface area (Å²) in [4.78, 5) is 4.37. The van der Waals surface area contributed by atoms with E-state index in [4.69, 9.17) is 5.73 Å². The van der Waals surface area contributed by atoms with E-state index in [1.165, 1.54) is 31.2 Å². The van der Waals surface area contributed by atoms with Gasteiger partial charge in [0.2, 0.25) is 0 Å². The fourth-order valence-corrected chi connectivity index (χ4v) is 2.16. The molecule has 0 saturated heterocycles. The lowest BCUT2D eigenvalue weighted by atomic mass is 9.83. The van der Waals surface area contributed by atoms with E-state index in [2.05, 4.69) is 29.4 Å². The predicted molar refractivity (Wildman–Crippen MR) is 77.9 cm³/mol. The van der Waals surface area contributed by atoms with Gasteiger partial charge in [0.05, 0.1) is 0 Å². The van der Waals surface area contributed by atoms with Gasteiger partial charge in [0.1, 0.15) is 0 Å². The van der Waals surface area contributed by atoms with Crippen LogP contribution in [0.2, 0.25) is 0 Å². The van der Waals surface area contributed by atoms with Crippen LogP contribution in [0.5, 0.6) is 0 Å². The van der Waals surface area contributed by atoms with Crippen LogP contribution in [-0.4, -0.2) is 12.5 Å². The van der Waals surface area contributed by atoms with Crippen molar-refractivity contribution < 1.29 is 0 Å². The van der Waals surface area contributed by atoms with Crippen molar-refractivity contribution in [2.75, 3.05) is 11.9 Å². The Morgan fingerprint density at radius 3 is 2.61 bits per heavy atom. The van der Waals surface area contributed by atoms with Crippen LogP contribution in [0.1, 0.15) is 38.2 Å². The quantitative estimate of drug-likeness (QED) is 0.618. The molecule has 1 aliphatic rings. The molecular formula is C15H23N3. The maximum atomic E-state index is 5.86. The third kappa shape index (κ3) is 3.76. The topological polar surface area (TPSA) is 50.4 Å². The first-order valence-electron chi connectivity index (χ1n) is 6.94. The van der Waals surface area contributed by atoms with Crippen LogP contribution >= 0.6 is 0 Å². The average molecular weight is 245 g/mol. The van der Waals surface area contributed by atoms with Crippen molar-refractivity contribution in [2.24, 2.45) is 16.6 Å². The summed E-state index contributed by atoms with van der Waals surface area (Å²) in [6.45, 7) is 3.00. The van der Waals surface area contributed by atoms with Gasteiger partial charge in [0.15, 0.2) is 5.96 Å². The summed E-state index contributed by atoms with van der Waals surface area (Å²) in [5.41, 5.74) is 8.21. The summed E-state index contributed by atoms with van der Waals surface area (Å²) in [5, 5.41) is 3.13. The van der Waals surface area contributed by atoms with Crippen molar-refractivity contribution in [3.05, 3.63) is 29.8 Å². The number of rotatable bonds is 5. The Morgan fingerprint density at radius 1 is 1.33 bits per heavy atom. The molecule has 0 aromatic heterocycles. The van der Waals surface area contributed by atoms with E-state index in [1.807, 2.05) is 12.1 Å². The first-order valence-corrected chi connectivity index (χ1v) is 6.94. The zero-order valence-electron chi connectivity index (χ0n) is 11.2. The number of hydrogen-bond donors (Lipinski definition) is 2. The van der Waals surface area contributed by atoms with Gasteiger partial charge in [0, 0.05) is 12.2 Å². The smallest absolute Gasteiger partial charge is 0.193 e. The Labute approximate surface area is 109 Å². The Kier molecular flexibility index (Phi) is 4.62. The Hall–Kier alpha value is -1.51. The van der Waals surface area contributed by atoms with E-state index >= 15 is 0 Å². The lowest BCUT2D eigenvalue weighted by molar-refractivity contribution is 0.300. The number of nitrogens with zero attached hydrogens (tertiary/aromatic N) is 1. The standard InChI is InChI=1S/C15H23N3/c1-2-12-6-8-14(9-7-12)18-15(16)17-11-10-13-4-3-5-13/h6-9,13H,2-5,10-11H2,1H3,(H3,16,17,18). The molecule has 1 saturated carbocycles. The Morgan fingerprint density at radius 2 is 2.06 bits per heavy atom. The molecular weight excluding hydrogens is 222 g/mol. The number of nitrogens with one attached hydrogen (secondary N) is 1. The number of hydrogen-bond acceptors (Lipinski definition) is 1. The molecule has 0 amide bonds. The van der Waals surface area contributed by atoms with Crippen molar-refractivity contribution in [3.8, 4) is 0 Å². The van der Waals surface area contributed by atoms with Gasteiger partial charge in [-0.25, -0.2) is 0 Å². The highest BCUT2D eigenvalue weighted by molar-refractivity contribution is 5.92. The summed E-state index contributed by atoms with van der Waals surface area (Å²) >= 11 is 0. The van der Waals surface area contributed by atoms with Gasteiger partial charge in [-0.2, -0.15) is 0 Å². The molecule has 3 heteroatoms. The Bertz CT molecular complexity index is 391. The van der Waals surface area contributed by atoms with Gasteiger partial charge < -0.3 is 11.1 Å². The zero-order chi connectivity index (χ0) is 12.8. The highest BCUT2D eigenvalue weighted by Gasteiger charge is 2.16. The molecule has 18 heavy (non-hydrogen) atoms. The summed E-state index contributed by atoms with van der Waals surface area (Å²) in [5.74, 6) is 1.42. The van der Waals surface area contributed by atoms with Crippen LogP contribution in [0.25, 0.3) is 0 Å². The van der Waals surface area contributed by atoms with Crippen molar-refractivity contribution in [1.82, 2.24) is 0 Å². The lowest BCUT2D eigenvalue weighted by Crippen LogP contribution is -2.23. The molecule has 1 aromatic rings. The number of aliphatic imine (C=N–C) groups is 1. The summed E-state index contributed by atoms with van der Waals surface area (Å²) in [6, 6.07) is 8.33. The van der Waals surface area contributed by atoms with Crippen LogP contribution < -0.4 is 11.1 Å². The molecule has 0 radical (unpaired) electrons. The molecule has 3 N–H and O–H groups in total. The third-order valence-electron chi connectivity index (χ3n) is 3.68. The molecule has 0 heterocycles. The van der Waals surface area contributed by atoms with Gasteiger partial charge >= 0.3 is 0 Å². The van der Waals surface area contributed by atoms with E-state index in [9.17, 15) is 0 Å². The summed E-state index contributed by atoms with van der Waals surface area (Å²) < 4.78 is 0. The van der Waals surface area contributed by atoms with Gasteiger partial charge in [0.25, 0.3) is 0 Å². The summed E-state index contributed by atoms with van der Waals surface area (Å²) in [6.07, 6.45) is 6.39. The minimum absolute atomic E-state index is 0.526. The highest BCUT2D eigenvalue weighted by atomic mass is 15.1. The van der Waals surface area contributed by atoms with E-state index < -0.39 is 0 Å². The van der Waals surface area contributed by atoms with Crippen molar-refractivity contribution >= 4 is 11.6 Å². The van der Waals surface area contributed by atoms with Gasteiger partial charge in [-0.05, 0) is 36.5 Å². The zero-order valence-corrected chi connectivity index (χ0v) is 11.2. The molecule has 1 aliphatic carbocycles. The molecule has 0 bridgehead atoms. The summed E-state index contributed by atoms with van der Waals surface area (Å²) in [7, 11) is 0. The molecule has 0 atom stereocenters. The van der Waals surface area contributed by atoms with E-state index in [-0.39, 0.29) is 0 Å². The van der Waals surface area contributed by atoms with Crippen molar-refractivity contribution in [1.29, 1.82) is 0 Å². The fraction of sp³-hybridized carbons (Fsp3) is 0.533. The van der Waals surface area contributed by atoms with E-state index in [1.54, 1.807) is 0 Å².